The molecule has 8 aromatic carbocycles. The number of rotatable bonds is 5. The summed E-state index contributed by atoms with van der Waals surface area (Å²) in [6.45, 7) is 0. The second kappa shape index (κ2) is 12.8. The quantitative estimate of drug-likeness (QED) is 0.184. The van der Waals surface area contributed by atoms with E-state index in [-0.39, 0.29) is 12.3 Å². The van der Waals surface area contributed by atoms with Crippen molar-refractivity contribution >= 4 is 81.1 Å². The summed E-state index contributed by atoms with van der Waals surface area (Å²) in [6, 6.07) is 64.9. The van der Waals surface area contributed by atoms with E-state index in [1.54, 1.807) is 0 Å². The molecule has 2 unspecified atom stereocenters. The summed E-state index contributed by atoms with van der Waals surface area (Å²) in [6.07, 6.45) is -0.419. The number of para-hydroxylation sites is 2. The fraction of sp³-hybridized carbons (Fsp3) is 0.0392. The van der Waals surface area contributed by atoms with Gasteiger partial charge in [0.05, 0.1) is 11.0 Å². The number of benzene rings is 8. The van der Waals surface area contributed by atoms with Gasteiger partial charge in [-0.1, -0.05) is 133 Å². The van der Waals surface area contributed by atoms with E-state index in [1.807, 2.05) is 23.5 Å². The first kappa shape index (κ1) is 32.3. The average molecular weight is 751 g/mol. The van der Waals surface area contributed by atoms with Crippen LogP contribution < -0.4 is 10.6 Å². The molecular weight excluding hydrogens is 717 g/mol. The van der Waals surface area contributed by atoms with E-state index in [0.717, 1.165) is 50.0 Å². The van der Waals surface area contributed by atoms with Crippen LogP contribution in [0.2, 0.25) is 0 Å². The Hall–Kier alpha value is -6.99. The number of fused-ring (bicyclic) bond motifs is 9. The molecule has 0 fully saturated rings. The number of aliphatic imine (C=N–C) groups is 1. The monoisotopic (exact) mass is 750 g/mol. The van der Waals surface area contributed by atoms with Crippen LogP contribution in [0.3, 0.4) is 0 Å². The number of furan rings is 1. The first-order valence-electron chi connectivity index (χ1n) is 19.4. The minimum Gasteiger partial charge on any atom is -0.456 e. The molecule has 5 nitrogen and oxygen atoms in total. The molecule has 3 aromatic heterocycles. The van der Waals surface area contributed by atoms with Gasteiger partial charge in [0.25, 0.3) is 0 Å². The van der Waals surface area contributed by atoms with Crippen LogP contribution in [0.15, 0.2) is 191 Å². The zero-order chi connectivity index (χ0) is 37.5. The molecule has 0 aliphatic carbocycles. The molecule has 0 saturated carbocycles. The van der Waals surface area contributed by atoms with Crippen LogP contribution in [0.4, 0.5) is 0 Å². The lowest BCUT2D eigenvalue weighted by Crippen LogP contribution is -2.45. The highest BCUT2D eigenvalue weighted by Crippen LogP contribution is 2.44. The molecule has 0 spiro atoms. The molecule has 270 valence electrons. The van der Waals surface area contributed by atoms with Gasteiger partial charge in [0.1, 0.15) is 29.3 Å². The number of hydrogen-bond donors (Lipinski definition) is 2. The number of hydrogen-bond acceptors (Lipinski definition) is 5. The SMILES string of the molecule is c1ccc(C2=NC(c3ccccc3)NC(c3cccc4oc5cc(-c6cccc7sc8cc(-n9c%10ccccc%10c%10ccccc%109)ccc8c67)ccc5c34)N2)cc1. The third-order valence-corrected chi connectivity index (χ3v) is 12.6. The molecule has 4 heterocycles. The van der Waals surface area contributed by atoms with Gasteiger partial charge in [0.15, 0.2) is 0 Å². The lowest BCUT2D eigenvalue weighted by molar-refractivity contribution is 0.411. The van der Waals surface area contributed by atoms with Crippen LogP contribution in [-0.2, 0) is 0 Å². The second-order valence-electron chi connectivity index (χ2n) is 14.8. The Bertz CT molecular complexity index is 3320. The molecule has 1 aliphatic heterocycles. The first-order chi connectivity index (χ1) is 28.2. The highest BCUT2D eigenvalue weighted by atomic mass is 32.1. The van der Waals surface area contributed by atoms with Gasteiger partial charge < -0.3 is 14.3 Å². The largest absolute Gasteiger partial charge is 0.456 e. The zero-order valence-electron chi connectivity index (χ0n) is 30.7. The maximum atomic E-state index is 6.69. The number of nitrogens with one attached hydrogen (secondary N) is 2. The molecular formula is C51H34N4OS. The third kappa shape index (κ3) is 5.15. The Morgan fingerprint density at radius 1 is 0.526 bits per heavy atom. The Kier molecular flexibility index (Phi) is 7.24. The van der Waals surface area contributed by atoms with Crippen molar-refractivity contribution in [1.29, 1.82) is 0 Å². The van der Waals surface area contributed by atoms with Crippen LogP contribution in [0.1, 0.15) is 29.0 Å². The topological polar surface area (TPSA) is 54.5 Å². The molecule has 0 radical (unpaired) electrons. The smallest absolute Gasteiger partial charge is 0.136 e. The standard InChI is InChI=1S/C51H34N4OS/c1-3-13-31(14-4-1)49-52-50(32-15-5-2-6-16-32)54-51(53-49)40-20-11-23-43-47(40)38-27-25-33(29-44(38)56-43)35-19-12-24-45-48(35)39-28-26-34(30-46(39)57-45)55-41-21-9-7-17-36(41)37-18-8-10-22-42(37)55/h1-30,49,51,53H,(H,52,54). The van der Waals surface area contributed by atoms with Gasteiger partial charge in [0.2, 0.25) is 0 Å². The number of nitrogens with zero attached hydrogens (tertiary/aromatic N) is 2. The lowest BCUT2D eigenvalue weighted by Gasteiger charge is -2.32. The van der Waals surface area contributed by atoms with E-state index in [9.17, 15) is 0 Å². The second-order valence-corrected chi connectivity index (χ2v) is 15.8. The minimum atomic E-state index is -0.216. The summed E-state index contributed by atoms with van der Waals surface area (Å²) < 4.78 is 11.6. The molecule has 2 N–H and O–H groups in total. The molecule has 0 bridgehead atoms. The van der Waals surface area contributed by atoms with Crippen molar-refractivity contribution in [2.75, 3.05) is 0 Å². The van der Waals surface area contributed by atoms with Gasteiger partial charge in [-0.15, -0.1) is 11.3 Å². The Balaban J connectivity index is 0.958. The summed E-state index contributed by atoms with van der Waals surface area (Å²) in [7, 11) is 0. The average Bonchev–Trinajstić information content (AvgIpc) is 3.96. The fourth-order valence-electron chi connectivity index (χ4n) is 8.92. The van der Waals surface area contributed by atoms with E-state index >= 15 is 0 Å². The summed E-state index contributed by atoms with van der Waals surface area (Å²) in [5, 5.41) is 14.8. The van der Waals surface area contributed by atoms with Crippen molar-refractivity contribution in [1.82, 2.24) is 15.2 Å². The van der Waals surface area contributed by atoms with E-state index in [0.29, 0.717) is 0 Å². The molecule has 57 heavy (non-hydrogen) atoms. The van der Waals surface area contributed by atoms with Crippen LogP contribution in [0.25, 0.3) is 80.7 Å². The van der Waals surface area contributed by atoms with Crippen molar-refractivity contribution in [3.05, 3.63) is 199 Å². The number of thiophene rings is 1. The highest BCUT2D eigenvalue weighted by Gasteiger charge is 2.28. The highest BCUT2D eigenvalue weighted by molar-refractivity contribution is 7.26. The molecule has 1 aliphatic rings. The molecule has 0 amide bonds. The Labute approximate surface area is 332 Å². The first-order valence-corrected chi connectivity index (χ1v) is 20.2. The normalized spacial score (nSPS) is 15.9. The number of aromatic nitrogens is 1. The Morgan fingerprint density at radius 2 is 1.25 bits per heavy atom. The van der Waals surface area contributed by atoms with E-state index in [4.69, 9.17) is 9.41 Å². The van der Waals surface area contributed by atoms with Gasteiger partial charge in [-0.25, -0.2) is 4.99 Å². The lowest BCUT2D eigenvalue weighted by atomic mass is 9.97. The summed E-state index contributed by atoms with van der Waals surface area (Å²) in [5.41, 5.74) is 11.0. The van der Waals surface area contributed by atoms with E-state index in [1.165, 1.54) is 53.2 Å². The molecule has 6 heteroatoms. The van der Waals surface area contributed by atoms with E-state index in [2.05, 4.69) is 185 Å². The Morgan fingerprint density at radius 3 is 2.05 bits per heavy atom. The predicted molar refractivity (Wildman–Crippen MR) is 238 cm³/mol. The van der Waals surface area contributed by atoms with Gasteiger partial charge in [-0.05, 0) is 65.2 Å². The van der Waals surface area contributed by atoms with Gasteiger partial charge in [-0.2, -0.15) is 0 Å². The van der Waals surface area contributed by atoms with Gasteiger partial charge >= 0.3 is 0 Å². The maximum absolute atomic E-state index is 6.69. The summed E-state index contributed by atoms with van der Waals surface area (Å²) >= 11 is 1.85. The van der Waals surface area contributed by atoms with Crippen LogP contribution in [-0.4, -0.2) is 10.4 Å². The third-order valence-electron chi connectivity index (χ3n) is 11.5. The van der Waals surface area contributed by atoms with Crippen molar-refractivity contribution in [2.45, 2.75) is 12.3 Å². The fourth-order valence-corrected chi connectivity index (χ4v) is 10.1. The van der Waals surface area contributed by atoms with Crippen molar-refractivity contribution in [2.24, 2.45) is 4.99 Å². The van der Waals surface area contributed by atoms with Crippen LogP contribution >= 0.6 is 11.3 Å². The zero-order valence-corrected chi connectivity index (χ0v) is 31.5. The maximum Gasteiger partial charge on any atom is 0.136 e. The molecule has 11 aromatic rings. The van der Waals surface area contributed by atoms with Crippen molar-refractivity contribution in [3.63, 3.8) is 0 Å². The van der Waals surface area contributed by atoms with Crippen molar-refractivity contribution in [3.8, 4) is 16.8 Å². The van der Waals surface area contributed by atoms with Crippen LogP contribution in [0.5, 0.6) is 0 Å². The van der Waals surface area contributed by atoms with E-state index < -0.39 is 0 Å². The molecule has 0 saturated heterocycles. The predicted octanol–water partition coefficient (Wildman–Crippen LogP) is 13.1. The molecule has 2 atom stereocenters. The summed E-state index contributed by atoms with van der Waals surface area (Å²) in [5.74, 6) is 0.860. The van der Waals surface area contributed by atoms with Crippen LogP contribution in [0, 0.1) is 0 Å². The van der Waals surface area contributed by atoms with Crippen molar-refractivity contribution < 1.29 is 4.42 Å². The van der Waals surface area contributed by atoms with Gasteiger partial charge in [0, 0.05) is 58.5 Å². The molecule has 12 rings (SSSR count). The summed E-state index contributed by atoms with van der Waals surface area (Å²) in [4.78, 5) is 5.13. The van der Waals surface area contributed by atoms with Gasteiger partial charge in [-0.3, -0.25) is 5.32 Å². The minimum absolute atomic E-state index is 0.203. The number of amidine groups is 1.